The Kier molecular flexibility index (Phi) is 7.04. The van der Waals surface area contributed by atoms with Gasteiger partial charge in [-0.15, -0.1) is 22.7 Å². The summed E-state index contributed by atoms with van der Waals surface area (Å²) in [4.78, 5) is 17.8. The number of hydrogen-bond donors (Lipinski definition) is 1. The first-order chi connectivity index (χ1) is 15.6. The zero-order valence-electron chi connectivity index (χ0n) is 18.3. The monoisotopic (exact) mass is 467 g/mol. The first-order valence-corrected chi connectivity index (χ1v) is 12.0. The molecule has 0 spiro atoms. The van der Waals surface area contributed by atoms with E-state index in [2.05, 4.69) is 16.0 Å². The molecule has 1 aromatic carbocycles. The third-order valence-electron chi connectivity index (χ3n) is 5.13. The molecule has 0 bridgehead atoms. The normalized spacial score (nSPS) is 11.0. The van der Waals surface area contributed by atoms with E-state index in [9.17, 15) is 4.79 Å². The highest BCUT2D eigenvalue weighted by molar-refractivity contribution is 7.13. The van der Waals surface area contributed by atoms with Crippen LogP contribution in [0.1, 0.15) is 22.5 Å². The van der Waals surface area contributed by atoms with Crippen LogP contribution >= 0.6 is 22.7 Å². The van der Waals surface area contributed by atoms with Crippen LogP contribution in [0.5, 0.6) is 5.75 Å². The van der Waals surface area contributed by atoms with Crippen molar-refractivity contribution in [1.29, 1.82) is 0 Å². The Labute approximate surface area is 195 Å². The van der Waals surface area contributed by atoms with E-state index in [1.807, 2.05) is 54.1 Å². The number of nitrogens with one attached hydrogen (secondary N) is 1. The molecule has 3 aromatic heterocycles. The fourth-order valence-corrected chi connectivity index (χ4v) is 5.09. The first kappa shape index (κ1) is 22.3. The summed E-state index contributed by atoms with van der Waals surface area (Å²) in [6.07, 6.45) is 0.775. The van der Waals surface area contributed by atoms with Crippen LogP contribution in [0, 0.1) is 6.92 Å². The van der Waals surface area contributed by atoms with Gasteiger partial charge in [-0.2, -0.15) is 0 Å². The van der Waals surface area contributed by atoms with Gasteiger partial charge in [0.05, 0.1) is 29.1 Å². The summed E-state index contributed by atoms with van der Waals surface area (Å²) in [5.41, 5.74) is 4.33. The van der Waals surface area contributed by atoms with Crippen molar-refractivity contribution in [3.8, 4) is 32.7 Å². The van der Waals surface area contributed by atoms with E-state index in [0.29, 0.717) is 18.7 Å². The van der Waals surface area contributed by atoms with Crippen LogP contribution in [0.2, 0.25) is 0 Å². The lowest BCUT2D eigenvalue weighted by atomic mass is 10.2. The maximum Gasteiger partial charge on any atom is 0.253 e. The topological polar surface area (TPSA) is 65.4 Å². The molecule has 1 N–H and O–H groups in total. The van der Waals surface area contributed by atoms with Crippen LogP contribution in [-0.2, 0) is 4.74 Å². The van der Waals surface area contributed by atoms with Gasteiger partial charge in [0, 0.05) is 36.9 Å². The molecule has 0 radical (unpaired) electrons. The van der Waals surface area contributed by atoms with Crippen molar-refractivity contribution in [2.75, 3.05) is 27.4 Å². The number of thiazole rings is 1. The van der Waals surface area contributed by atoms with E-state index < -0.39 is 0 Å². The van der Waals surface area contributed by atoms with Crippen LogP contribution < -0.4 is 10.1 Å². The Morgan fingerprint density at radius 3 is 2.66 bits per heavy atom. The minimum atomic E-state index is -0.0826. The minimum Gasteiger partial charge on any atom is -0.497 e. The molecule has 166 valence electrons. The first-order valence-electron chi connectivity index (χ1n) is 10.3. The van der Waals surface area contributed by atoms with Crippen molar-refractivity contribution in [3.63, 3.8) is 0 Å². The molecule has 0 unspecified atom stereocenters. The molecule has 0 saturated heterocycles. The van der Waals surface area contributed by atoms with E-state index in [1.165, 1.54) is 0 Å². The SMILES string of the molecule is COCCCNC(=O)c1cc(-c2csc(-c3ccc(OC)cc3)n2)n(-c2cccs2)c1C. The standard InChI is InChI=1S/C24H25N3O3S2/c1-16-19(23(28)25-11-5-12-29-2)14-21(27(16)22-6-4-13-31-22)20-15-32-24(26-20)17-7-9-18(30-3)10-8-17/h4,6-10,13-15H,5,11-12H2,1-3H3,(H,25,28). The maximum absolute atomic E-state index is 12.9. The summed E-state index contributed by atoms with van der Waals surface area (Å²) in [6.45, 7) is 3.17. The smallest absolute Gasteiger partial charge is 0.253 e. The number of amides is 1. The lowest BCUT2D eigenvalue weighted by Crippen LogP contribution is -2.25. The van der Waals surface area contributed by atoms with Gasteiger partial charge >= 0.3 is 0 Å². The van der Waals surface area contributed by atoms with Gasteiger partial charge in [-0.05, 0) is 61.2 Å². The second-order valence-electron chi connectivity index (χ2n) is 7.18. The van der Waals surface area contributed by atoms with Crippen LogP contribution in [0.3, 0.4) is 0 Å². The van der Waals surface area contributed by atoms with Crippen LogP contribution in [0.25, 0.3) is 27.0 Å². The van der Waals surface area contributed by atoms with E-state index >= 15 is 0 Å². The second kappa shape index (κ2) is 10.1. The molecule has 0 aliphatic rings. The second-order valence-corrected chi connectivity index (χ2v) is 8.97. The number of benzene rings is 1. The zero-order chi connectivity index (χ0) is 22.5. The Morgan fingerprint density at radius 1 is 1.16 bits per heavy atom. The number of carbonyl (C=O) groups is 1. The lowest BCUT2D eigenvalue weighted by Gasteiger charge is -2.08. The van der Waals surface area contributed by atoms with E-state index in [4.69, 9.17) is 14.5 Å². The average molecular weight is 468 g/mol. The number of hydrogen-bond acceptors (Lipinski definition) is 6. The summed E-state index contributed by atoms with van der Waals surface area (Å²) in [5.74, 6) is 0.731. The van der Waals surface area contributed by atoms with Gasteiger partial charge in [0.1, 0.15) is 10.8 Å². The predicted octanol–water partition coefficient (Wildman–Crippen LogP) is 5.41. The predicted molar refractivity (Wildman–Crippen MR) is 130 cm³/mol. The molecule has 8 heteroatoms. The highest BCUT2D eigenvalue weighted by atomic mass is 32.1. The van der Waals surface area contributed by atoms with E-state index in [-0.39, 0.29) is 5.91 Å². The average Bonchev–Trinajstić information content (AvgIpc) is 3.56. The van der Waals surface area contributed by atoms with Gasteiger partial charge in [0.25, 0.3) is 5.91 Å². The third-order valence-corrected chi connectivity index (χ3v) is 6.88. The molecule has 0 saturated carbocycles. The molecule has 4 rings (SSSR count). The summed E-state index contributed by atoms with van der Waals surface area (Å²) >= 11 is 3.22. The lowest BCUT2D eigenvalue weighted by molar-refractivity contribution is 0.0948. The maximum atomic E-state index is 12.9. The van der Waals surface area contributed by atoms with Crippen molar-refractivity contribution in [1.82, 2.24) is 14.9 Å². The van der Waals surface area contributed by atoms with E-state index in [0.717, 1.165) is 44.8 Å². The Morgan fingerprint density at radius 2 is 1.97 bits per heavy atom. The minimum absolute atomic E-state index is 0.0826. The molecule has 3 heterocycles. The van der Waals surface area contributed by atoms with Crippen molar-refractivity contribution < 1.29 is 14.3 Å². The number of nitrogens with zero attached hydrogens (tertiary/aromatic N) is 2. The Balaban J connectivity index is 1.68. The summed E-state index contributed by atoms with van der Waals surface area (Å²) < 4.78 is 12.4. The molecule has 0 aliphatic carbocycles. The van der Waals surface area contributed by atoms with Crippen molar-refractivity contribution in [3.05, 3.63) is 64.5 Å². The van der Waals surface area contributed by atoms with Crippen LogP contribution in [0.15, 0.2) is 53.2 Å². The van der Waals surface area contributed by atoms with Crippen LogP contribution in [0.4, 0.5) is 0 Å². The van der Waals surface area contributed by atoms with Crippen molar-refractivity contribution in [2.24, 2.45) is 0 Å². The molecule has 0 atom stereocenters. The molecule has 0 aliphatic heterocycles. The highest BCUT2D eigenvalue weighted by Crippen LogP contribution is 2.34. The highest BCUT2D eigenvalue weighted by Gasteiger charge is 2.21. The van der Waals surface area contributed by atoms with Gasteiger partial charge in [-0.3, -0.25) is 4.79 Å². The van der Waals surface area contributed by atoms with Crippen LogP contribution in [-0.4, -0.2) is 42.8 Å². The number of aromatic nitrogens is 2. The Hall–Kier alpha value is -2.94. The number of thiophene rings is 1. The summed E-state index contributed by atoms with van der Waals surface area (Å²) in [7, 11) is 3.32. The quantitative estimate of drug-likeness (QED) is 0.334. The Bertz CT molecular complexity index is 1180. The summed E-state index contributed by atoms with van der Waals surface area (Å²) in [6, 6.07) is 13.9. The van der Waals surface area contributed by atoms with Gasteiger partial charge in [0.15, 0.2) is 0 Å². The van der Waals surface area contributed by atoms with Gasteiger partial charge in [-0.1, -0.05) is 0 Å². The largest absolute Gasteiger partial charge is 0.497 e. The van der Waals surface area contributed by atoms with E-state index in [1.54, 1.807) is 36.9 Å². The molecule has 1 amide bonds. The number of ether oxygens (including phenoxy) is 2. The van der Waals surface area contributed by atoms with Gasteiger partial charge in [0.2, 0.25) is 0 Å². The number of methoxy groups -OCH3 is 2. The molecule has 6 nitrogen and oxygen atoms in total. The molecular weight excluding hydrogens is 442 g/mol. The number of carbonyl (C=O) groups excluding carboxylic acids is 1. The van der Waals surface area contributed by atoms with Crippen molar-refractivity contribution in [2.45, 2.75) is 13.3 Å². The fraction of sp³-hybridized carbons (Fsp3) is 0.250. The fourth-order valence-electron chi connectivity index (χ4n) is 3.48. The summed E-state index contributed by atoms with van der Waals surface area (Å²) in [5, 5.41) is 9.04. The molecular formula is C24H25N3O3S2. The molecule has 4 aromatic rings. The molecule has 0 fully saturated rings. The van der Waals surface area contributed by atoms with Crippen molar-refractivity contribution >= 4 is 28.6 Å². The third kappa shape index (κ3) is 4.62. The molecule has 32 heavy (non-hydrogen) atoms. The number of rotatable bonds is 9. The zero-order valence-corrected chi connectivity index (χ0v) is 19.9. The van der Waals surface area contributed by atoms with Gasteiger partial charge < -0.3 is 19.4 Å². The van der Waals surface area contributed by atoms with Gasteiger partial charge in [-0.25, -0.2) is 4.98 Å².